The van der Waals surface area contributed by atoms with Crippen LogP contribution in [0.25, 0.3) is 0 Å². The fourth-order valence-corrected chi connectivity index (χ4v) is 2.25. The van der Waals surface area contributed by atoms with Crippen molar-refractivity contribution in [1.82, 2.24) is 10.3 Å². The summed E-state index contributed by atoms with van der Waals surface area (Å²) in [6, 6.07) is 14.2. The average Bonchev–Trinajstić information content (AvgIpc) is 2.56. The van der Waals surface area contributed by atoms with Gasteiger partial charge in [-0.2, -0.15) is 0 Å². The van der Waals surface area contributed by atoms with Gasteiger partial charge in [-0.05, 0) is 63.1 Å². The quantitative estimate of drug-likeness (QED) is 0.654. The molecule has 2 N–H and O–H groups in total. The SMILES string of the molecule is CC(C)Oc1ccc(CNCCCCNc2ccccn2)cc1. The third kappa shape index (κ3) is 7.15. The first kappa shape index (κ1) is 17.3. The zero-order chi connectivity index (χ0) is 16.3. The summed E-state index contributed by atoms with van der Waals surface area (Å²) in [4.78, 5) is 4.24. The van der Waals surface area contributed by atoms with Gasteiger partial charge in [-0.25, -0.2) is 4.98 Å². The number of pyridine rings is 1. The van der Waals surface area contributed by atoms with Gasteiger partial charge in [0.25, 0.3) is 0 Å². The molecule has 2 rings (SSSR count). The molecule has 1 aromatic carbocycles. The third-order valence-electron chi connectivity index (χ3n) is 3.38. The van der Waals surface area contributed by atoms with Gasteiger partial charge in [0.2, 0.25) is 0 Å². The predicted molar refractivity (Wildman–Crippen MR) is 95.9 cm³/mol. The predicted octanol–water partition coefficient (Wildman–Crippen LogP) is 3.85. The molecule has 0 bridgehead atoms. The number of anilines is 1. The molecule has 0 amide bonds. The Morgan fingerprint density at radius 2 is 1.78 bits per heavy atom. The Morgan fingerprint density at radius 3 is 2.48 bits per heavy atom. The molecule has 0 atom stereocenters. The lowest BCUT2D eigenvalue weighted by molar-refractivity contribution is 0.242. The van der Waals surface area contributed by atoms with Crippen LogP contribution in [0, 0.1) is 0 Å². The van der Waals surface area contributed by atoms with Gasteiger partial charge >= 0.3 is 0 Å². The monoisotopic (exact) mass is 313 g/mol. The molecule has 0 aliphatic carbocycles. The molecule has 1 heterocycles. The fraction of sp³-hybridized carbons (Fsp3) is 0.421. The Labute approximate surface area is 139 Å². The van der Waals surface area contributed by atoms with Crippen LogP contribution in [0.2, 0.25) is 0 Å². The molecular formula is C19H27N3O. The number of nitrogens with zero attached hydrogens (tertiary/aromatic N) is 1. The first-order valence-corrected chi connectivity index (χ1v) is 8.35. The molecule has 1 aromatic heterocycles. The standard InChI is InChI=1S/C19H27N3O/c1-16(2)23-18-10-8-17(9-11-18)15-20-12-5-6-14-22-19-7-3-4-13-21-19/h3-4,7-11,13,16,20H,5-6,12,14-15H2,1-2H3,(H,21,22). The summed E-state index contributed by atoms with van der Waals surface area (Å²) in [6.45, 7) is 6.96. The van der Waals surface area contributed by atoms with Crippen molar-refractivity contribution in [3.8, 4) is 5.75 Å². The Bertz CT molecular complexity index is 540. The van der Waals surface area contributed by atoms with Crippen LogP contribution in [-0.2, 0) is 6.54 Å². The van der Waals surface area contributed by atoms with Crippen LogP contribution in [0.1, 0.15) is 32.3 Å². The van der Waals surface area contributed by atoms with E-state index in [4.69, 9.17) is 4.74 Å². The minimum Gasteiger partial charge on any atom is -0.491 e. The van der Waals surface area contributed by atoms with E-state index in [-0.39, 0.29) is 6.10 Å². The third-order valence-corrected chi connectivity index (χ3v) is 3.38. The Hall–Kier alpha value is -2.07. The van der Waals surface area contributed by atoms with Gasteiger partial charge in [-0.15, -0.1) is 0 Å². The van der Waals surface area contributed by atoms with Crippen LogP contribution >= 0.6 is 0 Å². The number of unbranched alkanes of at least 4 members (excludes halogenated alkanes) is 1. The van der Waals surface area contributed by atoms with E-state index >= 15 is 0 Å². The average molecular weight is 313 g/mol. The summed E-state index contributed by atoms with van der Waals surface area (Å²) in [5.74, 6) is 1.88. The van der Waals surface area contributed by atoms with Crippen molar-refractivity contribution in [3.05, 3.63) is 54.2 Å². The Kier molecular flexibility index (Phi) is 7.40. The van der Waals surface area contributed by atoms with E-state index in [1.54, 1.807) is 6.20 Å². The lowest BCUT2D eigenvalue weighted by Gasteiger charge is -2.10. The van der Waals surface area contributed by atoms with E-state index < -0.39 is 0 Å². The fourth-order valence-electron chi connectivity index (χ4n) is 2.25. The van der Waals surface area contributed by atoms with E-state index in [0.717, 1.165) is 44.0 Å². The summed E-state index contributed by atoms with van der Waals surface area (Å²) in [6.07, 6.45) is 4.30. The van der Waals surface area contributed by atoms with Crippen molar-refractivity contribution in [2.24, 2.45) is 0 Å². The highest BCUT2D eigenvalue weighted by Crippen LogP contribution is 2.13. The van der Waals surface area contributed by atoms with Gasteiger partial charge in [0.15, 0.2) is 0 Å². The second kappa shape index (κ2) is 9.85. The maximum atomic E-state index is 5.64. The van der Waals surface area contributed by atoms with E-state index in [1.165, 1.54) is 5.56 Å². The van der Waals surface area contributed by atoms with Gasteiger partial charge < -0.3 is 15.4 Å². The van der Waals surface area contributed by atoms with E-state index in [0.29, 0.717) is 0 Å². The summed E-state index contributed by atoms with van der Waals surface area (Å²) >= 11 is 0. The Balaban J connectivity index is 1.53. The van der Waals surface area contributed by atoms with E-state index in [2.05, 4.69) is 27.8 Å². The van der Waals surface area contributed by atoms with Crippen molar-refractivity contribution in [3.63, 3.8) is 0 Å². The number of hydrogen-bond donors (Lipinski definition) is 2. The van der Waals surface area contributed by atoms with Gasteiger partial charge in [0.1, 0.15) is 11.6 Å². The highest BCUT2D eigenvalue weighted by atomic mass is 16.5. The van der Waals surface area contributed by atoms with Crippen LogP contribution < -0.4 is 15.4 Å². The molecule has 4 heteroatoms. The number of hydrogen-bond acceptors (Lipinski definition) is 4. The van der Waals surface area contributed by atoms with Crippen molar-refractivity contribution >= 4 is 5.82 Å². The van der Waals surface area contributed by atoms with Gasteiger partial charge in [-0.1, -0.05) is 18.2 Å². The molecule has 0 aliphatic rings. The second-order valence-electron chi connectivity index (χ2n) is 5.84. The molecule has 0 radical (unpaired) electrons. The highest BCUT2D eigenvalue weighted by Gasteiger charge is 1.98. The minimum atomic E-state index is 0.221. The molecule has 23 heavy (non-hydrogen) atoms. The van der Waals surface area contributed by atoms with Gasteiger partial charge in [0.05, 0.1) is 6.10 Å². The molecular weight excluding hydrogens is 286 g/mol. The number of ether oxygens (including phenoxy) is 1. The molecule has 0 saturated heterocycles. The summed E-state index contributed by atoms with van der Waals surface area (Å²) in [5, 5.41) is 6.80. The molecule has 0 saturated carbocycles. The molecule has 124 valence electrons. The number of rotatable bonds is 10. The van der Waals surface area contributed by atoms with Crippen molar-refractivity contribution in [2.45, 2.75) is 39.3 Å². The van der Waals surface area contributed by atoms with Crippen LogP contribution in [0.4, 0.5) is 5.82 Å². The number of nitrogens with one attached hydrogen (secondary N) is 2. The first-order chi connectivity index (χ1) is 11.2. The van der Waals surface area contributed by atoms with Crippen molar-refractivity contribution < 1.29 is 4.74 Å². The summed E-state index contributed by atoms with van der Waals surface area (Å²) in [5.41, 5.74) is 1.28. The van der Waals surface area contributed by atoms with Crippen LogP contribution in [0.3, 0.4) is 0 Å². The minimum absolute atomic E-state index is 0.221. The molecule has 4 nitrogen and oxygen atoms in total. The van der Waals surface area contributed by atoms with Crippen molar-refractivity contribution in [1.29, 1.82) is 0 Å². The maximum absolute atomic E-state index is 5.64. The normalized spacial score (nSPS) is 10.7. The number of benzene rings is 1. The molecule has 0 spiro atoms. The number of aromatic nitrogens is 1. The van der Waals surface area contributed by atoms with Gasteiger partial charge in [0, 0.05) is 19.3 Å². The lowest BCUT2D eigenvalue weighted by Crippen LogP contribution is -2.16. The van der Waals surface area contributed by atoms with Crippen molar-refractivity contribution in [2.75, 3.05) is 18.4 Å². The molecule has 0 aliphatic heterocycles. The van der Waals surface area contributed by atoms with E-state index in [9.17, 15) is 0 Å². The lowest BCUT2D eigenvalue weighted by atomic mass is 10.2. The van der Waals surface area contributed by atoms with Crippen LogP contribution in [0.15, 0.2) is 48.7 Å². The van der Waals surface area contributed by atoms with E-state index in [1.807, 2.05) is 44.2 Å². The largest absolute Gasteiger partial charge is 0.491 e. The van der Waals surface area contributed by atoms with Crippen LogP contribution in [-0.4, -0.2) is 24.2 Å². The maximum Gasteiger partial charge on any atom is 0.125 e. The second-order valence-corrected chi connectivity index (χ2v) is 5.84. The van der Waals surface area contributed by atoms with Crippen LogP contribution in [0.5, 0.6) is 5.75 Å². The highest BCUT2D eigenvalue weighted by molar-refractivity contribution is 5.32. The molecule has 0 fully saturated rings. The topological polar surface area (TPSA) is 46.2 Å². The Morgan fingerprint density at radius 1 is 1.00 bits per heavy atom. The molecule has 0 unspecified atom stereocenters. The first-order valence-electron chi connectivity index (χ1n) is 8.35. The zero-order valence-corrected chi connectivity index (χ0v) is 14.1. The molecule has 2 aromatic rings. The summed E-state index contributed by atoms with van der Waals surface area (Å²) in [7, 11) is 0. The zero-order valence-electron chi connectivity index (χ0n) is 14.1. The smallest absolute Gasteiger partial charge is 0.125 e. The summed E-state index contributed by atoms with van der Waals surface area (Å²) < 4.78 is 5.64. The van der Waals surface area contributed by atoms with Gasteiger partial charge in [-0.3, -0.25) is 0 Å².